The number of benzene rings is 11. The second-order valence-electron chi connectivity index (χ2n) is 22.9. The van der Waals surface area contributed by atoms with Gasteiger partial charge in [-0.3, -0.25) is 0 Å². The van der Waals surface area contributed by atoms with E-state index in [2.05, 4.69) is 254 Å². The molecule has 0 amide bonds. The molecule has 0 aromatic heterocycles. The van der Waals surface area contributed by atoms with Crippen molar-refractivity contribution < 1.29 is 0 Å². The zero-order chi connectivity index (χ0) is 48.7. The van der Waals surface area contributed by atoms with E-state index in [0.29, 0.717) is 0 Å². The van der Waals surface area contributed by atoms with E-state index in [1.54, 1.807) is 0 Å². The Morgan fingerprint density at radius 2 is 0.648 bits per heavy atom. The third-order valence-electron chi connectivity index (χ3n) is 17.2. The summed E-state index contributed by atoms with van der Waals surface area (Å²) in [5.74, 6) is 0. The van der Waals surface area contributed by atoms with Gasteiger partial charge in [0.1, 0.15) is 0 Å². The molecule has 13 rings (SSSR count). The SMILES string of the molecule is CCC(C)(C)c1ccc2c(c1)B1c3cc(C(C)(C)CC)ccc3N(c3ccc4c5ccccc5c5ccccc5c4c3)c3cc(C(C)(C)C)cc(c31)N2c1ccc2c3ccccc3c3ccccc3c2c1. The minimum atomic E-state index is -0.139. The average Bonchev–Trinajstić information content (AvgIpc) is 3.40. The second kappa shape index (κ2) is 15.6. The Morgan fingerprint density at radius 3 is 0.972 bits per heavy atom. The Balaban J connectivity index is 1.16. The van der Waals surface area contributed by atoms with Crippen molar-refractivity contribution in [2.24, 2.45) is 0 Å². The molecule has 0 aliphatic carbocycles. The van der Waals surface area contributed by atoms with Gasteiger partial charge in [-0.25, -0.2) is 0 Å². The van der Waals surface area contributed by atoms with Crippen LogP contribution in [0.15, 0.2) is 182 Å². The first-order valence-corrected chi connectivity index (χ1v) is 26.0. The van der Waals surface area contributed by atoms with Gasteiger partial charge >= 0.3 is 0 Å². The molecule has 71 heavy (non-hydrogen) atoms. The Kier molecular flexibility index (Phi) is 9.57. The summed E-state index contributed by atoms with van der Waals surface area (Å²) in [5.41, 5.74) is 15.4. The summed E-state index contributed by atoms with van der Waals surface area (Å²) in [6.07, 6.45) is 2.10. The van der Waals surface area contributed by atoms with Crippen LogP contribution in [0.25, 0.3) is 64.6 Å². The lowest BCUT2D eigenvalue weighted by Gasteiger charge is -2.46. The maximum Gasteiger partial charge on any atom is 0.252 e. The van der Waals surface area contributed by atoms with Crippen molar-refractivity contribution in [2.75, 3.05) is 9.80 Å². The zero-order valence-electron chi connectivity index (χ0n) is 42.7. The zero-order valence-corrected chi connectivity index (χ0v) is 42.7. The second-order valence-corrected chi connectivity index (χ2v) is 22.9. The van der Waals surface area contributed by atoms with E-state index in [1.807, 2.05) is 0 Å². The van der Waals surface area contributed by atoms with Crippen molar-refractivity contribution in [1.82, 2.24) is 0 Å². The van der Waals surface area contributed by atoms with Gasteiger partial charge in [0.05, 0.1) is 0 Å². The lowest BCUT2D eigenvalue weighted by Crippen LogP contribution is -2.61. The first-order chi connectivity index (χ1) is 34.3. The molecule has 0 fully saturated rings. The molecule has 2 aliphatic rings. The van der Waals surface area contributed by atoms with Crippen LogP contribution in [0.1, 0.15) is 91.8 Å². The van der Waals surface area contributed by atoms with E-state index in [1.165, 1.54) is 132 Å². The van der Waals surface area contributed by atoms with E-state index in [9.17, 15) is 0 Å². The predicted molar refractivity (Wildman–Crippen MR) is 311 cm³/mol. The third-order valence-corrected chi connectivity index (χ3v) is 17.2. The fourth-order valence-corrected chi connectivity index (χ4v) is 12.3. The number of anilines is 6. The fraction of sp³-hybridized carbons (Fsp3) is 0.206. The van der Waals surface area contributed by atoms with Crippen LogP contribution in [0.2, 0.25) is 0 Å². The summed E-state index contributed by atoms with van der Waals surface area (Å²) in [6, 6.07) is 70.4. The smallest absolute Gasteiger partial charge is 0.252 e. The van der Waals surface area contributed by atoms with Gasteiger partial charge in [0.15, 0.2) is 0 Å². The standard InChI is InChI=1S/C68H61BN2/c1-10-67(6,7)42-28-34-61-59(36-42)69-60-37-43(68(8,9)11-2)29-35-62(60)71(46-31-33-56-52-25-15-13-21-48(52)50-23-17-19-27-54(50)58(56)41-46)64-39-44(66(3,4)5)38-63(65(64)69)70(61)45-30-32-55-51-24-14-12-20-47(51)49-22-16-18-26-53(49)57(55)40-45/h12-41H,10-11H2,1-9H3. The monoisotopic (exact) mass is 916 g/mol. The van der Waals surface area contributed by atoms with E-state index >= 15 is 0 Å². The Bertz CT molecular complexity index is 3720. The van der Waals surface area contributed by atoms with Gasteiger partial charge in [0.2, 0.25) is 0 Å². The van der Waals surface area contributed by atoms with Crippen molar-refractivity contribution in [3.63, 3.8) is 0 Å². The highest BCUT2D eigenvalue weighted by Gasteiger charge is 2.45. The molecule has 0 N–H and O–H groups in total. The molecule has 346 valence electrons. The molecule has 0 radical (unpaired) electrons. The van der Waals surface area contributed by atoms with Gasteiger partial charge in [0, 0.05) is 34.1 Å². The molecule has 0 unspecified atom stereocenters. The van der Waals surface area contributed by atoms with Crippen LogP contribution in [0, 0.1) is 0 Å². The van der Waals surface area contributed by atoms with Crippen LogP contribution in [-0.2, 0) is 16.2 Å². The maximum absolute atomic E-state index is 2.63. The van der Waals surface area contributed by atoms with Crippen LogP contribution in [0.3, 0.4) is 0 Å². The molecule has 11 aromatic carbocycles. The minimum Gasteiger partial charge on any atom is -0.311 e. The Hall–Kier alpha value is -7.36. The molecule has 0 saturated heterocycles. The summed E-state index contributed by atoms with van der Waals surface area (Å²) in [5, 5.41) is 15.5. The highest BCUT2D eigenvalue weighted by atomic mass is 15.2. The van der Waals surface area contributed by atoms with Gasteiger partial charge in [-0.1, -0.05) is 196 Å². The van der Waals surface area contributed by atoms with Gasteiger partial charge < -0.3 is 9.80 Å². The van der Waals surface area contributed by atoms with Crippen molar-refractivity contribution >= 4 is 122 Å². The molecule has 0 spiro atoms. The number of rotatable bonds is 6. The summed E-state index contributed by atoms with van der Waals surface area (Å²) < 4.78 is 0. The summed E-state index contributed by atoms with van der Waals surface area (Å²) in [7, 11) is 0. The summed E-state index contributed by atoms with van der Waals surface area (Å²) >= 11 is 0. The van der Waals surface area contributed by atoms with Gasteiger partial charge in [-0.15, -0.1) is 0 Å². The first kappa shape index (κ1) is 43.6. The van der Waals surface area contributed by atoms with Gasteiger partial charge in [0.25, 0.3) is 6.71 Å². The van der Waals surface area contributed by atoms with Crippen LogP contribution < -0.4 is 26.2 Å². The molecule has 2 heterocycles. The van der Waals surface area contributed by atoms with Crippen molar-refractivity contribution in [3.05, 3.63) is 199 Å². The quantitative estimate of drug-likeness (QED) is 0.121. The number of hydrogen-bond donors (Lipinski definition) is 0. The molecule has 0 bridgehead atoms. The largest absolute Gasteiger partial charge is 0.311 e. The maximum atomic E-state index is 2.63. The predicted octanol–water partition coefficient (Wildman–Crippen LogP) is 17.4. The Morgan fingerprint density at radius 1 is 0.324 bits per heavy atom. The van der Waals surface area contributed by atoms with E-state index in [-0.39, 0.29) is 23.0 Å². The lowest BCUT2D eigenvalue weighted by molar-refractivity contribution is 0.506. The first-order valence-electron chi connectivity index (χ1n) is 26.0. The fourth-order valence-electron chi connectivity index (χ4n) is 12.3. The summed E-state index contributed by atoms with van der Waals surface area (Å²) in [6.45, 7) is 21.4. The topological polar surface area (TPSA) is 6.48 Å². The van der Waals surface area contributed by atoms with Crippen LogP contribution in [-0.4, -0.2) is 6.71 Å². The number of nitrogens with zero attached hydrogens (tertiary/aromatic N) is 2. The van der Waals surface area contributed by atoms with Crippen LogP contribution in [0.5, 0.6) is 0 Å². The normalized spacial score (nSPS) is 13.7. The molecular formula is C68H61BN2. The van der Waals surface area contributed by atoms with Gasteiger partial charge in [-0.2, -0.15) is 0 Å². The highest BCUT2D eigenvalue weighted by Crippen LogP contribution is 2.49. The summed E-state index contributed by atoms with van der Waals surface area (Å²) in [4.78, 5) is 5.27. The average molecular weight is 917 g/mol. The Labute approximate surface area is 419 Å². The van der Waals surface area contributed by atoms with Gasteiger partial charge in [-0.05, 0) is 175 Å². The van der Waals surface area contributed by atoms with E-state index in [0.717, 1.165) is 12.8 Å². The number of fused-ring (bicyclic) bond motifs is 16. The van der Waals surface area contributed by atoms with Crippen LogP contribution in [0.4, 0.5) is 34.1 Å². The minimum absolute atomic E-state index is 0.00203. The molecular weight excluding hydrogens is 856 g/mol. The molecule has 3 heteroatoms. The van der Waals surface area contributed by atoms with E-state index < -0.39 is 0 Å². The van der Waals surface area contributed by atoms with E-state index in [4.69, 9.17) is 0 Å². The molecule has 11 aromatic rings. The van der Waals surface area contributed by atoms with Crippen molar-refractivity contribution in [1.29, 1.82) is 0 Å². The molecule has 0 atom stereocenters. The highest BCUT2D eigenvalue weighted by molar-refractivity contribution is 7.00. The van der Waals surface area contributed by atoms with Crippen LogP contribution >= 0.6 is 0 Å². The number of hydrogen-bond acceptors (Lipinski definition) is 2. The molecule has 2 nitrogen and oxygen atoms in total. The lowest BCUT2D eigenvalue weighted by atomic mass is 9.33. The molecule has 2 aliphatic heterocycles. The third kappa shape index (κ3) is 6.47. The van der Waals surface area contributed by atoms with Crippen molar-refractivity contribution in [2.45, 2.75) is 91.4 Å². The van der Waals surface area contributed by atoms with Crippen molar-refractivity contribution in [3.8, 4) is 0 Å². The molecule has 0 saturated carbocycles.